The third kappa shape index (κ3) is 8.85. The van der Waals surface area contributed by atoms with E-state index in [1.54, 1.807) is 0 Å². The van der Waals surface area contributed by atoms with Crippen molar-refractivity contribution in [3.05, 3.63) is 0 Å². The summed E-state index contributed by atoms with van der Waals surface area (Å²) in [4.78, 5) is 2.58. The Morgan fingerprint density at radius 1 is 1.13 bits per heavy atom. The Hall–Kier alpha value is -0.120. The zero-order valence-electron chi connectivity index (χ0n) is 10.8. The summed E-state index contributed by atoms with van der Waals surface area (Å²) in [7, 11) is 2.02. The van der Waals surface area contributed by atoms with E-state index in [0.717, 1.165) is 6.54 Å². The van der Waals surface area contributed by atoms with E-state index in [2.05, 4.69) is 15.5 Å². The van der Waals surface area contributed by atoms with E-state index in [-0.39, 0.29) is 0 Å². The van der Waals surface area contributed by atoms with Gasteiger partial charge in [-0.3, -0.25) is 0 Å². The molecule has 1 aliphatic heterocycles. The van der Waals surface area contributed by atoms with E-state index in [9.17, 15) is 0 Å². The highest BCUT2D eigenvalue weighted by molar-refractivity contribution is 4.65. The van der Waals surface area contributed by atoms with Crippen molar-refractivity contribution in [1.29, 1.82) is 0 Å². The lowest BCUT2D eigenvalue weighted by Gasteiger charge is -2.18. The number of hydrogen-bond acceptors (Lipinski definition) is 3. The lowest BCUT2D eigenvalue weighted by Crippen LogP contribution is -2.29. The smallest absolute Gasteiger partial charge is 0.0107 e. The molecule has 0 radical (unpaired) electrons. The van der Waals surface area contributed by atoms with Crippen molar-refractivity contribution in [3.8, 4) is 0 Å². The molecule has 3 nitrogen and oxygen atoms in total. The van der Waals surface area contributed by atoms with E-state index >= 15 is 0 Å². The van der Waals surface area contributed by atoms with Crippen LogP contribution >= 0.6 is 0 Å². The van der Waals surface area contributed by atoms with Crippen molar-refractivity contribution >= 4 is 0 Å². The molecule has 0 saturated carbocycles. The monoisotopic (exact) mass is 215 g/mol. The van der Waals surface area contributed by atoms with Gasteiger partial charge < -0.3 is 15.5 Å². The van der Waals surface area contributed by atoms with Gasteiger partial charge in [0.15, 0.2) is 0 Å². The second kappa shape index (κ2) is 12.0. The summed E-state index contributed by atoms with van der Waals surface area (Å²) < 4.78 is 0. The van der Waals surface area contributed by atoms with Crippen molar-refractivity contribution < 1.29 is 0 Å². The topological polar surface area (TPSA) is 27.3 Å². The SMILES string of the molecule is CC.CNCCCCN1CCCNCC1. The molecular formula is C12H29N3. The van der Waals surface area contributed by atoms with Crippen LogP contribution in [0.5, 0.6) is 0 Å². The summed E-state index contributed by atoms with van der Waals surface area (Å²) in [5.74, 6) is 0. The Bertz CT molecular complexity index is 109. The first-order chi connectivity index (χ1) is 7.43. The second-order valence-electron chi connectivity index (χ2n) is 3.76. The molecule has 1 saturated heterocycles. The van der Waals surface area contributed by atoms with Crippen LogP contribution in [0.2, 0.25) is 0 Å². The van der Waals surface area contributed by atoms with Crippen molar-refractivity contribution in [3.63, 3.8) is 0 Å². The van der Waals surface area contributed by atoms with Crippen LogP contribution in [0.25, 0.3) is 0 Å². The molecule has 0 amide bonds. The first-order valence-electron chi connectivity index (χ1n) is 6.51. The average Bonchev–Trinajstić information content (AvgIpc) is 2.56. The van der Waals surface area contributed by atoms with Crippen molar-refractivity contribution in [2.45, 2.75) is 33.1 Å². The molecule has 0 aliphatic carbocycles. The molecule has 0 unspecified atom stereocenters. The third-order valence-electron chi connectivity index (χ3n) is 2.58. The highest BCUT2D eigenvalue weighted by Gasteiger charge is 2.06. The molecule has 0 aromatic rings. The van der Waals surface area contributed by atoms with Crippen molar-refractivity contribution in [2.24, 2.45) is 0 Å². The van der Waals surface area contributed by atoms with E-state index in [1.165, 1.54) is 52.0 Å². The highest BCUT2D eigenvalue weighted by Crippen LogP contribution is 1.98. The molecule has 1 aliphatic rings. The minimum Gasteiger partial charge on any atom is -0.320 e. The maximum atomic E-state index is 3.42. The standard InChI is InChI=1S/C10H23N3.C2H6/c1-11-5-2-3-8-13-9-4-6-12-7-10-13;1-2/h11-12H,2-10H2,1H3;1-2H3. The van der Waals surface area contributed by atoms with E-state index in [4.69, 9.17) is 0 Å². The maximum Gasteiger partial charge on any atom is 0.0107 e. The van der Waals surface area contributed by atoms with E-state index in [0.29, 0.717) is 0 Å². The van der Waals surface area contributed by atoms with Crippen LogP contribution in [0.4, 0.5) is 0 Å². The van der Waals surface area contributed by atoms with Crippen LogP contribution in [0.15, 0.2) is 0 Å². The molecule has 0 aromatic heterocycles. The molecule has 0 bridgehead atoms. The van der Waals surface area contributed by atoms with Gasteiger partial charge in [0.1, 0.15) is 0 Å². The summed E-state index contributed by atoms with van der Waals surface area (Å²) in [6, 6.07) is 0. The quantitative estimate of drug-likeness (QED) is 0.677. The molecule has 1 rings (SSSR count). The molecule has 15 heavy (non-hydrogen) atoms. The van der Waals surface area contributed by atoms with Gasteiger partial charge in [-0.05, 0) is 52.5 Å². The minimum absolute atomic E-state index is 1.16. The van der Waals surface area contributed by atoms with Crippen molar-refractivity contribution in [1.82, 2.24) is 15.5 Å². The zero-order chi connectivity index (χ0) is 11.4. The van der Waals surface area contributed by atoms with Gasteiger partial charge in [0, 0.05) is 13.1 Å². The minimum atomic E-state index is 1.16. The van der Waals surface area contributed by atoms with Gasteiger partial charge in [-0.1, -0.05) is 13.8 Å². The fourth-order valence-electron chi connectivity index (χ4n) is 1.76. The van der Waals surface area contributed by atoms with Gasteiger partial charge in [0.05, 0.1) is 0 Å². The second-order valence-corrected chi connectivity index (χ2v) is 3.76. The molecule has 2 N–H and O–H groups in total. The van der Waals surface area contributed by atoms with Crippen molar-refractivity contribution in [2.75, 3.05) is 46.3 Å². The molecular weight excluding hydrogens is 186 g/mol. The van der Waals surface area contributed by atoms with Gasteiger partial charge in [0.2, 0.25) is 0 Å². The number of hydrogen-bond donors (Lipinski definition) is 2. The Balaban J connectivity index is 0.000000921. The predicted octanol–water partition coefficient (Wildman–Crippen LogP) is 1.31. The van der Waals surface area contributed by atoms with Gasteiger partial charge in [-0.2, -0.15) is 0 Å². The summed E-state index contributed by atoms with van der Waals surface area (Å²) in [5.41, 5.74) is 0. The largest absolute Gasteiger partial charge is 0.320 e. The lowest BCUT2D eigenvalue weighted by molar-refractivity contribution is 0.286. The van der Waals surface area contributed by atoms with Gasteiger partial charge >= 0.3 is 0 Å². The molecule has 0 atom stereocenters. The van der Waals surface area contributed by atoms with Crippen LogP contribution in [-0.4, -0.2) is 51.2 Å². The summed E-state index contributed by atoms with van der Waals surface area (Å²) in [6.45, 7) is 11.3. The number of nitrogens with one attached hydrogen (secondary N) is 2. The van der Waals surface area contributed by atoms with Gasteiger partial charge in [-0.25, -0.2) is 0 Å². The summed E-state index contributed by atoms with van der Waals surface area (Å²) in [5, 5.41) is 6.61. The average molecular weight is 215 g/mol. The molecule has 0 aromatic carbocycles. The summed E-state index contributed by atoms with van der Waals surface area (Å²) >= 11 is 0. The fraction of sp³-hybridized carbons (Fsp3) is 1.00. The normalized spacial score (nSPS) is 17.8. The third-order valence-corrected chi connectivity index (χ3v) is 2.58. The maximum absolute atomic E-state index is 3.42. The Kier molecular flexibility index (Phi) is 11.9. The van der Waals surface area contributed by atoms with Crippen LogP contribution in [0, 0.1) is 0 Å². The lowest BCUT2D eigenvalue weighted by atomic mass is 10.3. The first-order valence-corrected chi connectivity index (χ1v) is 6.51. The summed E-state index contributed by atoms with van der Waals surface area (Å²) in [6.07, 6.45) is 3.95. The Morgan fingerprint density at radius 2 is 1.93 bits per heavy atom. The molecule has 0 spiro atoms. The zero-order valence-corrected chi connectivity index (χ0v) is 10.8. The van der Waals surface area contributed by atoms with Gasteiger partial charge in [0.25, 0.3) is 0 Å². The fourth-order valence-corrected chi connectivity index (χ4v) is 1.76. The first kappa shape index (κ1) is 14.9. The van der Waals surface area contributed by atoms with Crippen LogP contribution in [0.1, 0.15) is 33.1 Å². The number of nitrogens with zero attached hydrogens (tertiary/aromatic N) is 1. The molecule has 1 fully saturated rings. The molecule has 92 valence electrons. The van der Waals surface area contributed by atoms with E-state index < -0.39 is 0 Å². The predicted molar refractivity (Wildman–Crippen MR) is 68.4 cm³/mol. The highest BCUT2D eigenvalue weighted by atomic mass is 15.1. The number of rotatable bonds is 5. The number of unbranched alkanes of at least 4 members (excludes halogenated alkanes) is 1. The van der Waals surface area contributed by atoms with E-state index in [1.807, 2.05) is 20.9 Å². The molecule has 1 heterocycles. The van der Waals surface area contributed by atoms with Crippen LogP contribution < -0.4 is 10.6 Å². The van der Waals surface area contributed by atoms with Crippen LogP contribution in [-0.2, 0) is 0 Å². The van der Waals surface area contributed by atoms with Crippen LogP contribution in [0.3, 0.4) is 0 Å². The Morgan fingerprint density at radius 3 is 2.67 bits per heavy atom. The Labute approximate surface area is 95.6 Å². The van der Waals surface area contributed by atoms with Gasteiger partial charge in [-0.15, -0.1) is 0 Å². The molecule has 3 heteroatoms.